The fraction of sp³-hybridized carbons (Fsp3) is 0.333. The van der Waals surface area contributed by atoms with E-state index in [2.05, 4.69) is 20.0 Å². The molecule has 0 saturated heterocycles. The van der Waals surface area contributed by atoms with Crippen LogP contribution in [0.3, 0.4) is 0 Å². The third-order valence-electron chi connectivity index (χ3n) is 2.42. The standard InChI is InChI=1S/C12H13N3O3S2/c1-7(16)10-9(11(17)18-2)15-12(20-10)14-4-3-8-13-5-6-19-8/h5-6H,3-4H2,1-2H3,(H,14,15). The first-order valence-electron chi connectivity index (χ1n) is 5.84. The van der Waals surface area contributed by atoms with Gasteiger partial charge in [-0.2, -0.15) is 0 Å². The number of nitrogens with one attached hydrogen (secondary N) is 1. The van der Waals surface area contributed by atoms with Gasteiger partial charge in [0.15, 0.2) is 16.6 Å². The van der Waals surface area contributed by atoms with Crippen molar-refractivity contribution in [1.82, 2.24) is 9.97 Å². The molecule has 6 nitrogen and oxygen atoms in total. The van der Waals surface area contributed by atoms with E-state index in [1.54, 1.807) is 17.5 Å². The number of hydrogen-bond donors (Lipinski definition) is 1. The number of carbonyl (C=O) groups excluding carboxylic acids is 2. The molecule has 0 aliphatic carbocycles. The van der Waals surface area contributed by atoms with E-state index in [0.29, 0.717) is 16.6 Å². The molecule has 0 radical (unpaired) electrons. The Kier molecular flexibility index (Phi) is 4.80. The van der Waals surface area contributed by atoms with Gasteiger partial charge in [-0.25, -0.2) is 14.8 Å². The van der Waals surface area contributed by atoms with Gasteiger partial charge in [-0.1, -0.05) is 11.3 Å². The number of ether oxygens (including phenoxy) is 1. The van der Waals surface area contributed by atoms with Crippen molar-refractivity contribution in [3.05, 3.63) is 27.2 Å². The molecule has 0 atom stereocenters. The summed E-state index contributed by atoms with van der Waals surface area (Å²) in [5.74, 6) is -0.796. The minimum absolute atomic E-state index is 0.0711. The van der Waals surface area contributed by atoms with Crippen molar-refractivity contribution in [2.45, 2.75) is 13.3 Å². The SMILES string of the molecule is COC(=O)c1nc(NCCc2nccs2)sc1C(C)=O. The van der Waals surface area contributed by atoms with Crippen LogP contribution in [0.1, 0.15) is 32.1 Å². The summed E-state index contributed by atoms with van der Waals surface area (Å²) in [5.41, 5.74) is 0.0711. The molecule has 0 fully saturated rings. The Bertz CT molecular complexity index is 608. The summed E-state index contributed by atoms with van der Waals surface area (Å²) in [6.45, 7) is 2.04. The van der Waals surface area contributed by atoms with Crippen molar-refractivity contribution < 1.29 is 14.3 Å². The highest BCUT2D eigenvalue weighted by molar-refractivity contribution is 7.17. The van der Waals surface area contributed by atoms with E-state index in [0.717, 1.165) is 22.8 Å². The number of methoxy groups -OCH3 is 1. The molecule has 2 aromatic rings. The zero-order chi connectivity index (χ0) is 14.5. The zero-order valence-corrected chi connectivity index (χ0v) is 12.6. The lowest BCUT2D eigenvalue weighted by atomic mass is 10.3. The maximum Gasteiger partial charge on any atom is 0.358 e. The van der Waals surface area contributed by atoms with Crippen LogP contribution in [-0.4, -0.2) is 35.4 Å². The molecule has 0 aromatic carbocycles. The number of rotatable bonds is 6. The van der Waals surface area contributed by atoms with Crippen LogP contribution in [0.2, 0.25) is 0 Å². The molecule has 2 rings (SSSR count). The van der Waals surface area contributed by atoms with Crippen molar-refractivity contribution in [1.29, 1.82) is 0 Å². The molecule has 20 heavy (non-hydrogen) atoms. The van der Waals surface area contributed by atoms with Crippen molar-refractivity contribution in [2.24, 2.45) is 0 Å². The van der Waals surface area contributed by atoms with Crippen LogP contribution in [0.25, 0.3) is 0 Å². The Morgan fingerprint density at radius 2 is 2.25 bits per heavy atom. The van der Waals surface area contributed by atoms with Crippen molar-refractivity contribution in [3.8, 4) is 0 Å². The Morgan fingerprint density at radius 1 is 1.45 bits per heavy atom. The zero-order valence-electron chi connectivity index (χ0n) is 11.0. The third kappa shape index (κ3) is 3.40. The summed E-state index contributed by atoms with van der Waals surface area (Å²) in [5, 5.41) is 6.57. The minimum atomic E-state index is -0.598. The molecule has 0 saturated carbocycles. The van der Waals surface area contributed by atoms with Crippen LogP contribution in [0.4, 0.5) is 5.13 Å². The predicted octanol–water partition coefficient (Wildman–Crippen LogP) is 2.24. The number of nitrogens with zero attached hydrogens (tertiary/aromatic N) is 2. The van der Waals surface area contributed by atoms with Gasteiger partial charge in [0.05, 0.1) is 12.1 Å². The van der Waals surface area contributed by atoms with Gasteiger partial charge < -0.3 is 10.1 Å². The number of ketones is 1. The second kappa shape index (κ2) is 6.58. The van der Waals surface area contributed by atoms with E-state index in [9.17, 15) is 9.59 Å². The van der Waals surface area contributed by atoms with Crippen molar-refractivity contribution in [2.75, 3.05) is 19.0 Å². The van der Waals surface area contributed by atoms with E-state index in [1.807, 2.05) is 5.38 Å². The van der Waals surface area contributed by atoms with Crippen LogP contribution in [0, 0.1) is 0 Å². The maximum atomic E-state index is 11.5. The highest BCUT2D eigenvalue weighted by Crippen LogP contribution is 2.24. The Morgan fingerprint density at radius 3 is 2.85 bits per heavy atom. The van der Waals surface area contributed by atoms with Crippen molar-refractivity contribution >= 4 is 39.6 Å². The molecule has 2 aromatic heterocycles. The van der Waals surface area contributed by atoms with E-state index >= 15 is 0 Å². The molecule has 0 unspecified atom stereocenters. The smallest absolute Gasteiger partial charge is 0.358 e. The molecule has 8 heteroatoms. The summed E-state index contributed by atoms with van der Waals surface area (Å²) >= 11 is 2.74. The molecule has 0 aliphatic heterocycles. The Hall–Kier alpha value is -1.80. The first kappa shape index (κ1) is 14.6. The fourth-order valence-corrected chi connectivity index (χ4v) is 3.02. The monoisotopic (exact) mass is 311 g/mol. The van der Waals surface area contributed by atoms with Crippen molar-refractivity contribution in [3.63, 3.8) is 0 Å². The average molecular weight is 311 g/mol. The summed E-state index contributed by atoms with van der Waals surface area (Å²) in [6, 6.07) is 0. The van der Waals surface area contributed by atoms with Gasteiger partial charge in [0.25, 0.3) is 0 Å². The first-order chi connectivity index (χ1) is 9.61. The van der Waals surface area contributed by atoms with E-state index in [4.69, 9.17) is 0 Å². The van der Waals surface area contributed by atoms with Crippen LogP contribution in [0.15, 0.2) is 11.6 Å². The largest absolute Gasteiger partial charge is 0.464 e. The predicted molar refractivity (Wildman–Crippen MR) is 77.8 cm³/mol. The Balaban J connectivity index is 2.04. The summed E-state index contributed by atoms with van der Waals surface area (Å²) in [6.07, 6.45) is 2.52. The minimum Gasteiger partial charge on any atom is -0.464 e. The van der Waals surface area contributed by atoms with E-state index < -0.39 is 5.97 Å². The molecular weight excluding hydrogens is 298 g/mol. The fourth-order valence-electron chi connectivity index (χ4n) is 1.52. The molecule has 0 spiro atoms. The molecule has 0 bridgehead atoms. The summed E-state index contributed by atoms with van der Waals surface area (Å²) < 4.78 is 4.62. The number of carbonyl (C=O) groups is 2. The first-order valence-corrected chi connectivity index (χ1v) is 7.53. The summed E-state index contributed by atoms with van der Waals surface area (Å²) in [7, 11) is 1.27. The lowest BCUT2D eigenvalue weighted by Gasteiger charge is -1.99. The van der Waals surface area contributed by atoms with Gasteiger partial charge in [0.2, 0.25) is 0 Å². The second-order valence-corrected chi connectivity index (χ2v) is 5.83. The number of aromatic nitrogens is 2. The quantitative estimate of drug-likeness (QED) is 0.651. The molecule has 0 amide bonds. The Labute approximate surface area is 123 Å². The normalized spacial score (nSPS) is 10.3. The lowest BCUT2D eigenvalue weighted by molar-refractivity contribution is 0.0591. The van der Waals surface area contributed by atoms with Gasteiger partial charge in [0.1, 0.15) is 4.88 Å². The van der Waals surface area contributed by atoms with Crippen LogP contribution < -0.4 is 5.32 Å². The lowest BCUT2D eigenvalue weighted by Crippen LogP contribution is -2.08. The third-order valence-corrected chi connectivity index (χ3v) is 4.38. The molecule has 106 valence electrons. The van der Waals surface area contributed by atoms with Crippen LogP contribution in [0.5, 0.6) is 0 Å². The topological polar surface area (TPSA) is 81.2 Å². The van der Waals surface area contributed by atoms with Gasteiger partial charge >= 0.3 is 5.97 Å². The highest BCUT2D eigenvalue weighted by Gasteiger charge is 2.21. The van der Waals surface area contributed by atoms with E-state index in [-0.39, 0.29) is 11.5 Å². The number of thiazole rings is 2. The number of Topliss-reactive ketones (excluding diaryl/α,β-unsaturated/α-hetero) is 1. The number of anilines is 1. The molecular formula is C12H13N3O3S2. The van der Waals surface area contributed by atoms with Crippen LogP contribution >= 0.6 is 22.7 Å². The van der Waals surface area contributed by atoms with E-state index in [1.165, 1.54) is 14.0 Å². The average Bonchev–Trinajstić information content (AvgIpc) is 3.07. The van der Waals surface area contributed by atoms with Gasteiger partial charge in [-0.15, -0.1) is 11.3 Å². The number of hydrogen-bond acceptors (Lipinski definition) is 8. The maximum absolute atomic E-state index is 11.5. The second-order valence-electron chi connectivity index (χ2n) is 3.85. The highest BCUT2D eigenvalue weighted by atomic mass is 32.1. The molecule has 1 N–H and O–H groups in total. The molecule has 0 aliphatic rings. The summed E-state index contributed by atoms with van der Waals surface area (Å²) in [4.78, 5) is 31.6. The molecule has 2 heterocycles. The van der Waals surface area contributed by atoms with Gasteiger partial charge in [-0.3, -0.25) is 4.79 Å². The van der Waals surface area contributed by atoms with Gasteiger partial charge in [-0.05, 0) is 0 Å². The van der Waals surface area contributed by atoms with Gasteiger partial charge in [0, 0.05) is 31.5 Å². The van der Waals surface area contributed by atoms with Crippen LogP contribution in [-0.2, 0) is 11.2 Å². The number of esters is 1.